The number of rotatable bonds is 0. The van der Waals surface area contributed by atoms with Gasteiger partial charge in [0.1, 0.15) is 0 Å². The molecule has 1 nitrogen and oxygen atoms in total. The van der Waals surface area contributed by atoms with Gasteiger partial charge in [0, 0.05) is 5.69 Å². The van der Waals surface area contributed by atoms with Crippen molar-refractivity contribution in [3.8, 4) is 0 Å². The van der Waals surface area contributed by atoms with Crippen LogP contribution < -0.4 is 5.32 Å². The summed E-state index contributed by atoms with van der Waals surface area (Å²) in [7, 11) is 0. The summed E-state index contributed by atoms with van der Waals surface area (Å²) < 4.78 is 0. The van der Waals surface area contributed by atoms with E-state index in [0.717, 1.165) is 6.42 Å². The van der Waals surface area contributed by atoms with E-state index in [4.69, 9.17) is 0 Å². The zero-order valence-corrected chi connectivity index (χ0v) is 6.59. The molecule has 0 amide bonds. The molecule has 1 heteroatoms. The summed E-state index contributed by atoms with van der Waals surface area (Å²) in [6.07, 6.45) is 5.20. The van der Waals surface area contributed by atoms with Crippen LogP contribution in [0.2, 0.25) is 0 Å². The van der Waals surface area contributed by atoms with Crippen LogP contribution in [0.1, 0.15) is 11.1 Å². The number of hydrogen-bond donors (Lipinski definition) is 1. The second-order valence-corrected chi connectivity index (χ2v) is 2.91. The van der Waals surface area contributed by atoms with Crippen molar-refractivity contribution in [2.45, 2.75) is 13.3 Å². The van der Waals surface area contributed by atoms with E-state index in [0.29, 0.717) is 0 Å². The van der Waals surface area contributed by atoms with Gasteiger partial charge in [0.2, 0.25) is 0 Å². The van der Waals surface area contributed by atoms with Crippen molar-refractivity contribution in [1.82, 2.24) is 0 Å². The lowest BCUT2D eigenvalue weighted by Gasteiger charge is -2.12. The highest BCUT2D eigenvalue weighted by molar-refractivity contribution is 5.57. The number of aryl methyl sites for hydroxylation is 1. The lowest BCUT2D eigenvalue weighted by molar-refractivity contribution is 1.21. The van der Waals surface area contributed by atoms with Gasteiger partial charge in [-0.05, 0) is 31.2 Å². The van der Waals surface area contributed by atoms with E-state index in [9.17, 15) is 0 Å². The lowest BCUT2D eigenvalue weighted by Crippen LogP contribution is -1.99. The van der Waals surface area contributed by atoms with Crippen molar-refractivity contribution in [2.24, 2.45) is 0 Å². The Hall–Kier alpha value is -1.24. The minimum atomic E-state index is 1.06. The van der Waals surface area contributed by atoms with Gasteiger partial charge in [-0.2, -0.15) is 0 Å². The van der Waals surface area contributed by atoms with Crippen LogP contribution in [0, 0.1) is 6.92 Å². The van der Waals surface area contributed by atoms with E-state index >= 15 is 0 Å². The molecule has 0 saturated heterocycles. The Balaban J connectivity index is 2.48. The average Bonchev–Trinajstić information content (AvgIpc) is 2.04. The van der Waals surface area contributed by atoms with Gasteiger partial charge < -0.3 is 5.32 Å². The van der Waals surface area contributed by atoms with Crippen molar-refractivity contribution in [1.29, 1.82) is 0 Å². The molecule has 0 saturated carbocycles. The first-order valence-corrected chi connectivity index (χ1v) is 3.87. The number of allylic oxidation sites excluding steroid dienone is 1. The highest BCUT2D eigenvalue weighted by Gasteiger charge is 2.02. The van der Waals surface area contributed by atoms with Gasteiger partial charge in [-0.15, -0.1) is 0 Å². The zero-order chi connectivity index (χ0) is 7.68. The molecule has 0 radical (unpaired) electrons. The molecule has 0 atom stereocenters. The van der Waals surface area contributed by atoms with Crippen molar-refractivity contribution in [2.75, 3.05) is 5.32 Å². The van der Waals surface area contributed by atoms with Crippen molar-refractivity contribution in [3.63, 3.8) is 0 Å². The smallest absolute Gasteiger partial charge is 0.0415 e. The molecular weight excluding hydrogens is 134 g/mol. The van der Waals surface area contributed by atoms with Gasteiger partial charge in [0.05, 0.1) is 0 Å². The summed E-state index contributed by atoms with van der Waals surface area (Å²) in [5.74, 6) is 0. The van der Waals surface area contributed by atoms with Gasteiger partial charge in [0.25, 0.3) is 0 Å². The number of anilines is 1. The summed E-state index contributed by atoms with van der Waals surface area (Å²) in [6.45, 7) is 2.12. The van der Waals surface area contributed by atoms with E-state index in [2.05, 4.69) is 36.5 Å². The maximum Gasteiger partial charge on any atom is 0.0415 e. The third kappa shape index (κ3) is 1.14. The van der Waals surface area contributed by atoms with Gasteiger partial charge in [-0.25, -0.2) is 0 Å². The molecule has 1 heterocycles. The average molecular weight is 145 g/mol. The van der Waals surface area contributed by atoms with Crippen LogP contribution >= 0.6 is 0 Å². The van der Waals surface area contributed by atoms with Crippen LogP contribution in [0.5, 0.6) is 0 Å². The monoisotopic (exact) mass is 145 g/mol. The molecular formula is C10H11N. The Bertz CT molecular complexity index is 300. The standard InChI is InChI=1S/C10H11N/c1-8-4-5-10-9(7-8)3-2-6-11-10/h2,4-7,11H,3H2,1H3. The molecule has 11 heavy (non-hydrogen) atoms. The first kappa shape index (κ1) is 6.47. The van der Waals surface area contributed by atoms with Crippen molar-refractivity contribution in [3.05, 3.63) is 41.6 Å². The molecule has 1 aliphatic heterocycles. The van der Waals surface area contributed by atoms with Crippen LogP contribution in [0.3, 0.4) is 0 Å². The summed E-state index contributed by atoms with van der Waals surface area (Å²) in [4.78, 5) is 0. The van der Waals surface area contributed by atoms with E-state index in [1.165, 1.54) is 16.8 Å². The molecule has 0 aliphatic carbocycles. The highest BCUT2D eigenvalue weighted by Crippen LogP contribution is 2.20. The van der Waals surface area contributed by atoms with Crippen LogP contribution in [0.15, 0.2) is 30.5 Å². The summed E-state index contributed by atoms with van der Waals surface area (Å²) in [6, 6.07) is 6.49. The molecule has 1 aliphatic rings. The Kier molecular flexibility index (Phi) is 1.42. The lowest BCUT2D eigenvalue weighted by atomic mass is 10.0. The fourth-order valence-electron chi connectivity index (χ4n) is 1.37. The van der Waals surface area contributed by atoms with E-state index in [-0.39, 0.29) is 0 Å². The molecule has 0 bridgehead atoms. The normalized spacial score (nSPS) is 13.9. The minimum Gasteiger partial charge on any atom is -0.362 e. The molecule has 0 unspecified atom stereocenters. The van der Waals surface area contributed by atoms with Gasteiger partial charge in [-0.1, -0.05) is 23.8 Å². The largest absolute Gasteiger partial charge is 0.362 e. The van der Waals surface area contributed by atoms with Gasteiger partial charge in [0.15, 0.2) is 0 Å². The molecule has 1 aromatic rings. The Morgan fingerprint density at radius 1 is 1.36 bits per heavy atom. The molecule has 1 aromatic carbocycles. The van der Waals surface area contributed by atoms with E-state index in [1.807, 2.05) is 6.20 Å². The zero-order valence-electron chi connectivity index (χ0n) is 6.59. The topological polar surface area (TPSA) is 12.0 Å². The molecule has 56 valence electrons. The predicted molar refractivity (Wildman–Crippen MR) is 47.6 cm³/mol. The van der Waals surface area contributed by atoms with Crippen LogP contribution in [-0.2, 0) is 6.42 Å². The van der Waals surface area contributed by atoms with Crippen LogP contribution in [-0.4, -0.2) is 0 Å². The fourth-order valence-corrected chi connectivity index (χ4v) is 1.37. The summed E-state index contributed by atoms with van der Waals surface area (Å²) in [5, 5.41) is 3.21. The Labute approximate surface area is 66.7 Å². The molecule has 1 N–H and O–H groups in total. The van der Waals surface area contributed by atoms with E-state index < -0.39 is 0 Å². The minimum absolute atomic E-state index is 1.06. The summed E-state index contributed by atoms with van der Waals surface area (Å²) >= 11 is 0. The second kappa shape index (κ2) is 2.42. The quantitative estimate of drug-likeness (QED) is 0.591. The molecule has 0 fully saturated rings. The second-order valence-electron chi connectivity index (χ2n) is 2.91. The number of benzene rings is 1. The first-order valence-electron chi connectivity index (χ1n) is 3.87. The predicted octanol–water partition coefficient (Wildman–Crippen LogP) is 2.48. The molecule has 2 rings (SSSR count). The number of nitrogens with one attached hydrogen (secondary N) is 1. The molecule has 0 aromatic heterocycles. The van der Waals surface area contributed by atoms with Crippen molar-refractivity contribution >= 4 is 5.69 Å². The van der Waals surface area contributed by atoms with E-state index in [1.54, 1.807) is 0 Å². The fraction of sp³-hybridized carbons (Fsp3) is 0.200. The SMILES string of the molecule is Cc1ccc2c(c1)CC=CN2. The number of hydrogen-bond acceptors (Lipinski definition) is 1. The number of fused-ring (bicyclic) bond motifs is 1. The third-order valence-corrected chi connectivity index (χ3v) is 1.96. The Morgan fingerprint density at radius 3 is 3.18 bits per heavy atom. The van der Waals surface area contributed by atoms with Gasteiger partial charge in [-0.3, -0.25) is 0 Å². The Morgan fingerprint density at radius 2 is 2.27 bits per heavy atom. The van der Waals surface area contributed by atoms with Crippen molar-refractivity contribution < 1.29 is 0 Å². The maximum atomic E-state index is 3.21. The van der Waals surface area contributed by atoms with Crippen LogP contribution in [0.4, 0.5) is 5.69 Å². The van der Waals surface area contributed by atoms with Gasteiger partial charge >= 0.3 is 0 Å². The summed E-state index contributed by atoms with van der Waals surface area (Å²) in [5.41, 5.74) is 3.98. The van der Waals surface area contributed by atoms with Crippen LogP contribution in [0.25, 0.3) is 0 Å². The highest BCUT2D eigenvalue weighted by atomic mass is 14.8. The first-order chi connectivity index (χ1) is 5.36. The third-order valence-electron chi connectivity index (χ3n) is 1.96. The molecule has 0 spiro atoms. The maximum absolute atomic E-state index is 3.21.